The van der Waals surface area contributed by atoms with Crippen LogP contribution in [0.2, 0.25) is 5.02 Å². The number of nitrogens with zero attached hydrogens (tertiary/aromatic N) is 4. The number of hydrogen-bond donors (Lipinski definition) is 1. The second kappa shape index (κ2) is 8.49. The van der Waals surface area contributed by atoms with Gasteiger partial charge in [-0.2, -0.15) is 10.2 Å². The van der Waals surface area contributed by atoms with E-state index in [9.17, 15) is 14.9 Å². The summed E-state index contributed by atoms with van der Waals surface area (Å²) in [5.74, 6) is 0.251. The van der Waals surface area contributed by atoms with Crippen LogP contribution in [-0.4, -0.2) is 26.8 Å². The molecule has 1 unspecified atom stereocenters. The Balaban J connectivity index is 1.55. The van der Waals surface area contributed by atoms with E-state index in [4.69, 9.17) is 16.0 Å². The molecule has 0 bridgehead atoms. The molecule has 3 rings (SSSR count). The maximum absolute atomic E-state index is 12.1. The van der Waals surface area contributed by atoms with Gasteiger partial charge in [0.05, 0.1) is 23.6 Å². The van der Waals surface area contributed by atoms with Gasteiger partial charge in [-0.15, -0.1) is 0 Å². The molecule has 0 aliphatic heterocycles. The number of carbonyl (C=O) groups excluding carboxylic acids is 1. The summed E-state index contributed by atoms with van der Waals surface area (Å²) in [6.07, 6.45) is 3.79. The zero-order chi connectivity index (χ0) is 20.1. The third-order valence-corrected chi connectivity index (χ3v) is 4.08. The predicted molar refractivity (Wildman–Crippen MR) is 103 cm³/mol. The van der Waals surface area contributed by atoms with Crippen LogP contribution in [-0.2, 0) is 11.3 Å². The van der Waals surface area contributed by atoms with Crippen LogP contribution in [0.1, 0.15) is 12.7 Å². The van der Waals surface area contributed by atoms with E-state index in [1.807, 2.05) is 12.1 Å². The van der Waals surface area contributed by atoms with E-state index in [-0.39, 0.29) is 18.1 Å². The molecular weight excluding hydrogens is 386 g/mol. The van der Waals surface area contributed by atoms with Crippen molar-refractivity contribution in [3.05, 3.63) is 69.7 Å². The highest BCUT2D eigenvalue weighted by Gasteiger charge is 2.16. The molecule has 2 aromatic heterocycles. The van der Waals surface area contributed by atoms with Gasteiger partial charge in [-0.3, -0.25) is 19.6 Å². The molecule has 0 aliphatic rings. The third kappa shape index (κ3) is 4.83. The van der Waals surface area contributed by atoms with E-state index in [1.54, 1.807) is 31.2 Å². The van der Waals surface area contributed by atoms with E-state index in [1.165, 1.54) is 17.1 Å². The largest absolute Gasteiger partial charge is 0.455 e. The first-order valence-corrected chi connectivity index (χ1v) is 8.65. The molecular formula is C18H16ClN5O4. The van der Waals surface area contributed by atoms with Crippen LogP contribution in [0.15, 0.2) is 58.3 Å². The number of halogens is 1. The van der Waals surface area contributed by atoms with Crippen molar-refractivity contribution in [3.63, 3.8) is 0 Å². The zero-order valence-electron chi connectivity index (χ0n) is 14.8. The normalized spacial score (nSPS) is 12.2. The molecule has 144 valence electrons. The van der Waals surface area contributed by atoms with Crippen molar-refractivity contribution in [1.29, 1.82) is 0 Å². The van der Waals surface area contributed by atoms with Crippen LogP contribution in [0.25, 0.3) is 11.3 Å². The first kappa shape index (κ1) is 19.3. The molecule has 0 spiro atoms. The minimum Gasteiger partial charge on any atom is -0.455 e. The lowest BCUT2D eigenvalue weighted by atomic mass is 10.2. The van der Waals surface area contributed by atoms with E-state index in [0.717, 1.165) is 11.8 Å². The second-order valence-corrected chi connectivity index (χ2v) is 6.46. The minimum absolute atomic E-state index is 0.126. The average Bonchev–Trinajstić information content (AvgIpc) is 3.31. The van der Waals surface area contributed by atoms with Crippen molar-refractivity contribution < 1.29 is 14.1 Å². The SMILES string of the molecule is CC(Cn1cc([N+](=O)[O-])cn1)C(=O)NN=Cc1ccc(-c2cccc(Cl)c2)o1. The van der Waals surface area contributed by atoms with Crippen molar-refractivity contribution >= 4 is 29.4 Å². The molecule has 0 fully saturated rings. The summed E-state index contributed by atoms with van der Waals surface area (Å²) in [4.78, 5) is 22.2. The summed E-state index contributed by atoms with van der Waals surface area (Å²) in [5.41, 5.74) is 3.12. The number of hydrogen-bond acceptors (Lipinski definition) is 6. The van der Waals surface area contributed by atoms with Gasteiger partial charge < -0.3 is 4.42 Å². The van der Waals surface area contributed by atoms with Gasteiger partial charge in [0.2, 0.25) is 5.91 Å². The quantitative estimate of drug-likeness (QED) is 0.369. The summed E-state index contributed by atoms with van der Waals surface area (Å²) < 4.78 is 6.99. The van der Waals surface area contributed by atoms with Crippen molar-refractivity contribution in [2.24, 2.45) is 11.0 Å². The fourth-order valence-electron chi connectivity index (χ4n) is 2.40. The summed E-state index contributed by atoms with van der Waals surface area (Å²) in [7, 11) is 0. The van der Waals surface area contributed by atoms with Crippen LogP contribution in [0.3, 0.4) is 0 Å². The first-order valence-electron chi connectivity index (χ1n) is 8.28. The highest BCUT2D eigenvalue weighted by Crippen LogP contribution is 2.24. The molecule has 0 saturated heterocycles. The Morgan fingerprint density at radius 1 is 1.46 bits per heavy atom. The molecule has 0 saturated carbocycles. The summed E-state index contributed by atoms with van der Waals surface area (Å²) in [5, 5.41) is 19.0. The number of amides is 1. The van der Waals surface area contributed by atoms with Gasteiger partial charge in [-0.25, -0.2) is 5.43 Å². The third-order valence-electron chi connectivity index (χ3n) is 3.84. The topological polar surface area (TPSA) is 116 Å². The van der Waals surface area contributed by atoms with Crippen molar-refractivity contribution in [1.82, 2.24) is 15.2 Å². The van der Waals surface area contributed by atoms with Gasteiger partial charge in [0, 0.05) is 10.6 Å². The zero-order valence-corrected chi connectivity index (χ0v) is 15.5. The fourth-order valence-corrected chi connectivity index (χ4v) is 2.59. The number of rotatable bonds is 7. The Morgan fingerprint density at radius 3 is 3.00 bits per heavy atom. The highest BCUT2D eigenvalue weighted by molar-refractivity contribution is 6.30. The van der Waals surface area contributed by atoms with E-state index in [0.29, 0.717) is 16.5 Å². The highest BCUT2D eigenvalue weighted by atomic mass is 35.5. The molecule has 1 amide bonds. The lowest BCUT2D eigenvalue weighted by Gasteiger charge is -2.08. The molecule has 2 heterocycles. The smallest absolute Gasteiger partial charge is 0.306 e. The van der Waals surface area contributed by atoms with Gasteiger partial charge >= 0.3 is 5.69 Å². The van der Waals surface area contributed by atoms with Gasteiger partial charge in [0.1, 0.15) is 23.9 Å². The molecule has 1 atom stereocenters. The van der Waals surface area contributed by atoms with Crippen LogP contribution in [0.4, 0.5) is 5.69 Å². The van der Waals surface area contributed by atoms with E-state index >= 15 is 0 Å². The summed E-state index contributed by atoms with van der Waals surface area (Å²) in [6, 6.07) is 10.7. The molecule has 9 nitrogen and oxygen atoms in total. The monoisotopic (exact) mass is 401 g/mol. The maximum atomic E-state index is 12.1. The summed E-state index contributed by atoms with van der Waals surface area (Å²) in [6.45, 7) is 1.86. The van der Waals surface area contributed by atoms with Crippen LogP contribution < -0.4 is 5.43 Å². The van der Waals surface area contributed by atoms with Gasteiger partial charge in [0.15, 0.2) is 0 Å². The van der Waals surface area contributed by atoms with Gasteiger partial charge in [-0.05, 0) is 24.3 Å². The fraction of sp³-hybridized carbons (Fsp3) is 0.167. The maximum Gasteiger partial charge on any atom is 0.306 e. The second-order valence-electron chi connectivity index (χ2n) is 6.03. The number of hydrazone groups is 1. The number of nitro groups is 1. The Bertz CT molecular complexity index is 1030. The molecule has 0 aliphatic carbocycles. The van der Waals surface area contributed by atoms with Crippen LogP contribution in [0.5, 0.6) is 0 Å². The number of furan rings is 1. The Hall–Kier alpha value is -3.46. The number of nitrogens with one attached hydrogen (secondary N) is 1. The van der Waals surface area contributed by atoms with Crippen molar-refractivity contribution in [3.8, 4) is 11.3 Å². The Morgan fingerprint density at radius 2 is 2.29 bits per heavy atom. The first-order chi connectivity index (χ1) is 13.4. The van der Waals surface area contributed by atoms with Crippen LogP contribution >= 0.6 is 11.6 Å². The molecule has 10 heteroatoms. The lowest BCUT2D eigenvalue weighted by molar-refractivity contribution is -0.385. The minimum atomic E-state index is -0.542. The standard InChI is InChI=1S/C18H16ClN5O4/c1-12(10-23-11-15(8-21-23)24(26)27)18(25)22-20-9-16-5-6-17(28-16)13-3-2-4-14(19)7-13/h2-9,11-12H,10H2,1H3,(H,22,25). The Kier molecular flexibility index (Phi) is 5.85. The predicted octanol–water partition coefficient (Wildman–Crippen LogP) is 3.49. The molecule has 28 heavy (non-hydrogen) atoms. The van der Waals surface area contributed by atoms with Gasteiger partial charge in [-0.1, -0.05) is 30.7 Å². The average molecular weight is 402 g/mol. The molecule has 1 N–H and O–H groups in total. The molecule has 0 radical (unpaired) electrons. The lowest BCUT2D eigenvalue weighted by Crippen LogP contribution is -2.28. The van der Waals surface area contributed by atoms with E-state index < -0.39 is 10.8 Å². The van der Waals surface area contributed by atoms with Gasteiger partial charge in [0.25, 0.3) is 0 Å². The van der Waals surface area contributed by atoms with Crippen molar-refractivity contribution in [2.45, 2.75) is 13.5 Å². The summed E-state index contributed by atoms with van der Waals surface area (Å²) >= 11 is 5.97. The number of aromatic nitrogens is 2. The number of carbonyl (C=O) groups is 1. The van der Waals surface area contributed by atoms with Crippen LogP contribution in [0, 0.1) is 16.0 Å². The Labute approximate surface area is 164 Å². The number of benzene rings is 1. The van der Waals surface area contributed by atoms with E-state index in [2.05, 4.69) is 15.6 Å². The molecule has 1 aromatic carbocycles. The molecule has 3 aromatic rings. The van der Waals surface area contributed by atoms with Crippen molar-refractivity contribution in [2.75, 3.05) is 0 Å².